The van der Waals surface area contributed by atoms with E-state index in [1.165, 1.54) is 0 Å². The number of benzene rings is 1. The molecule has 0 aliphatic heterocycles. The quantitative estimate of drug-likeness (QED) is 0.615. The molecule has 0 spiro atoms. The number of esters is 1. The minimum Gasteiger partial charge on any atom is -0.507 e. The van der Waals surface area contributed by atoms with Gasteiger partial charge in [0.05, 0.1) is 6.61 Å². The van der Waals surface area contributed by atoms with Crippen LogP contribution in [-0.4, -0.2) is 17.7 Å². The number of unbranched alkanes of at least 4 members (excludes halogenated alkanes) is 2. The first-order valence-corrected chi connectivity index (χ1v) is 5.62. The van der Waals surface area contributed by atoms with Crippen LogP contribution < -0.4 is 0 Å². The monoisotopic (exact) mass is 222 g/mol. The van der Waals surface area contributed by atoms with Gasteiger partial charge in [0.2, 0.25) is 0 Å². The molecule has 3 heteroatoms. The maximum atomic E-state index is 11.6. The smallest absolute Gasteiger partial charge is 0.341 e. The van der Waals surface area contributed by atoms with Crippen molar-refractivity contribution in [1.29, 1.82) is 0 Å². The first kappa shape index (κ1) is 12.6. The van der Waals surface area contributed by atoms with Gasteiger partial charge in [-0.1, -0.05) is 31.9 Å². The summed E-state index contributed by atoms with van der Waals surface area (Å²) in [4.78, 5) is 11.6. The number of hydrogen-bond acceptors (Lipinski definition) is 3. The molecule has 0 radical (unpaired) electrons. The topological polar surface area (TPSA) is 46.5 Å². The van der Waals surface area contributed by atoms with E-state index in [0.29, 0.717) is 12.2 Å². The Hall–Kier alpha value is -1.51. The maximum Gasteiger partial charge on any atom is 0.341 e. The van der Waals surface area contributed by atoms with Crippen LogP contribution in [0.1, 0.15) is 42.1 Å². The molecule has 0 heterocycles. The summed E-state index contributed by atoms with van der Waals surface area (Å²) < 4.78 is 5.07. The highest BCUT2D eigenvalue weighted by molar-refractivity contribution is 5.92. The van der Waals surface area contributed by atoms with E-state index in [1.54, 1.807) is 25.1 Å². The summed E-state index contributed by atoms with van der Waals surface area (Å²) in [5.41, 5.74) is 0.930. The molecule has 1 rings (SSSR count). The van der Waals surface area contributed by atoms with Crippen molar-refractivity contribution in [2.45, 2.75) is 33.1 Å². The lowest BCUT2D eigenvalue weighted by molar-refractivity contribution is 0.0494. The van der Waals surface area contributed by atoms with E-state index >= 15 is 0 Å². The number of carbonyl (C=O) groups excluding carboxylic acids is 1. The van der Waals surface area contributed by atoms with E-state index in [9.17, 15) is 9.90 Å². The van der Waals surface area contributed by atoms with Gasteiger partial charge in [0.25, 0.3) is 0 Å². The van der Waals surface area contributed by atoms with Gasteiger partial charge in [-0.15, -0.1) is 0 Å². The average molecular weight is 222 g/mol. The lowest BCUT2D eigenvalue weighted by atomic mass is 10.1. The predicted octanol–water partition coefficient (Wildman–Crippen LogP) is 3.05. The van der Waals surface area contributed by atoms with Crippen molar-refractivity contribution in [2.75, 3.05) is 6.61 Å². The molecule has 88 valence electrons. The molecule has 0 saturated heterocycles. The second kappa shape index (κ2) is 6.16. The average Bonchev–Trinajstić information content (AvgIpc) is 2.28. The molecular formula is C13H18O3. The second-order valence-electron chi connectivity index (χ2n) is 3.81. The number of carbonyl (C=O) groups is 1. The highest BCUT2D eigenvalue weighted by Crippen LogP contribution is 2.22. The van der Waals surface area contributed by atoms with Crippen LogP contribution in [0.25, 0.3) is 0 Å². The second-order valence-corrected chi connectivity index (χ2v) is 3.81. The van der Waals surface area contributed by atoms with Gasteiger partial charge in [-0.3, -0.25) is 0 Å². The Labute approximate surface area is 96.1 Å². The molecule has 0 atom stereocenters. The number of hydrogen-bond donors (Lipinski definition) is 1. The van der Waals surface area contributed by atoms with Crippen molar-refractivity contribution >= 4 is 5.97 Å². The molecular weight excluding hydrogens is 204 g/mol. The van der Waals surface area contributed by atoms with Gasteiger partial charge in [0, 0.05) is 0 Å². The van der Waals surface area contributed by atoms with Gasteiger partial charge < -0.3 is 9.84 Å². The van der Waals surface area contributed by atoms with Crippen LogP contribution in [0, 0.1) is 6.92 Å². The van der Waals surface area contributed by atoms with Crippen molar-refractivity contribution in [2.24, 2.45) is 0 Å². The van der Waals surface area contributed by atoms with Gasteiger partial charge in [0.1, 0.15) is 11.3 Å². The number of aryl methyl sites for hydroxylation is 1. The van der Waals surface area contributed by atoms with E-state index in [2.05, 4.69) is 6.92 Å². The zero-order valence-corrected chi connectivity index (χ0v) is 9.82. The third-order valence-electron chi connectivity index (χ3n) is 2.44. The van der Waals surface area contributed by atoms with Crippen LogP contribution in [0.15, 0.2) is 18.2 Å². The molecule has 1 aromatic rings. The van der Waals surface area contributed by atoms with Crippen molar-refractivity contribution in [3.63, 3.8) is 0 Å². The highest BCUT2D eigenvalue weighted by atomic mass is 16.5. The molecule has 3 nitrogen and oxygen atoms in total. The van der Waals surface area contributed by atoms with Crippen LogP contribution >= 0.6 is 0 Å². The molecule has 16 heavy (non-hydrogen) atoms. The Morgan fingerprint density at radius 2 is 2.12 bits per heavy atom. The van der Waals surface area contributed by atoms with Crippen molar-refractivity contribution < 1.29 is 14.6 Å². The predicted molar refractivity (Wildman–Crippen MR) is 62.7 cm³/mol. The lowest BCUT2D eigenvalue weighted by Crippen LogP contribution is -2.07. The Morgan fingerprint density at radius 3 is 2.81 bits per heavy atom. The number of phenols is 1. The van der Waals surface area contributed by atoms with Gasteiger partial charge in [-0.2, -0.15) is 0 Å². The van der Waals surface area contributed by atoms with E-state index in [1.807, 2.05) is 0 Å². The Kier molecular flexibility index (Phi) is 4.83. The number of phenolic OH excluding ortho intramolecular Hbond substituents is 1. The standard InChI is InChI=1S/C13H18O3/c1-3-4-5-9-16-13(15)11-8-6-7-10(2)12(11)14/h6-8,14H,3-5,9H2,1-2H3. The molecule has 0 aliphatic carbocycles. The summed E-state index contributed by atoms with van der Waals surface area (Å²) in [6.45, 7) is 4.26. The lowest BCUT2D eigenvalue weighted by Gasteiger charge is -2.07. The fourth-order valence-corrected chi connectivity index (χ4v) is 1.42. The number of rotatable bonds is 5. The Bertz CT molecular complexity index is 358. The van der Waals surface area contributed by atoms with Crippen LogP contribution in [0.4, 0.5) is 0 Å². The largest absolute Gasteiger partial charge is 0.507 e. The van der Waals surface area contributed by atoms with Crippen molar-refractivity contribution in [3.05, 3.63) is 29.3 Å². The minimum atomic E-state index is -0.447. The normalized spacial score (nSPS) is 10.1. The number of aromatic hydroxyl groups is 1. The van der Waals surface area contributed by atoms with Gasteiger partial charge in [-0.05, 0) is 25.0 Å². The molecule has 0 bridgehead atoms. The molecule has 1 aromatic carbocycles. The van der Waals surface area contributed by atoms with Crippen LogP contribution in [0.5, 0.6) is 5.75 Å². The highest BCUT2D eigenvalue weighted by Gasteiger charge is 2.13. The molecule has 0 saturated carbocycles. The first-order valence-electron chi connectivity index (χ1n) is 5.62. The third kappa shape index (κ3) is 3.26. The number of para-hydroxylation sites is 1. The van der Waals surface area contributed by atoms with E-state index in [4.69, 9.17) is 4.74 Å². The fourth-order valence-electron chi connectivity index (χ4n) is 1.42. The zero-order valence-electron chi connectivity index (χ0n) is 9.82. The van der Waals surface area contributed by atoms with Crippen molar-refractivity contribution in [3.8, 4) is 5.75 Å². The van der Waals surface area contributed by atoms with Crippen LogP contribution in [0.2, 0.25) is 0 Å². The molecule has 0 fully saturated rings. The summed E-state index contributed by atoms with van der Waals surface area (Å²) in [7, 11) is 0. The summed E-state index contributed by atoms with van der Waals surface area (Å²) in [5, 5.41) is 9.67. The van der Waals surface area contributed by atoms with Gasteiger partial charge in [0.15, 0.2) is 0 Å². The third-order valence-corrected chi connectivity index (χ3v) is 2.44. The van der Waals surface area contributed by atoms with E-state index < -0.39 is 5.97 Å². The molecule has 0 unspecified atom stereocenters. The minimum absolute atomic E-state index is 0.0167. The van der Waals surface area contributed by atoms with Crippen molar-refractivity contribution in [1.82, 2.24) is 0 Å². The SMILES string of the molecule is CCCCCOC(=O)c1cccc(C)c1O. The van der Waals surface area contributed by atoms with E-state index in [-0.39, 0.29) is 11.3 Å². The van der Waals surface area contributed by atoms with Crippen LogP contribution in [0.3, 0.4) is 0 Å². The Morgan fingerprint density at radius 1 is 1.38 bits per heavy atom. The summed E-state index contributed by atoms with van der Waals surface area (Å²) >= 11 is 0. The van der Waals surface area contributed by atoms with Crippen LogP contribution in [-0.2, 0) is 4.74 Å². The molecule has 0 amide bonds. The first-order chi connectivity index (χ1) is 7.66. The Balaban J connectivity index is 2.56. The number of ether oxygens (including phenoxy) is 1. The maximum absolute atomic E-state index is 11.6. The molecule has 0 aliphatic rings. The molecule has 1 N–H and O–H groups in total. The summed E-state index contributed by atoms with van der Waals surface area (Å²) in [5.74, 6) is -0.430. The summed E-state index contributed by atoms with van der Waals surface area (Å²) in [6.07, 6.45) is 3.01. The summed E-state index contributed by atoms with van der Waals surface area (Å²) in [6, 6.07) is 5.06. The zero-order chi connectivity index (χ0) is 12.0. The van der Waals surface area contributed by atoms with Gasteiger partial charge in [-0.25, -0.2) is 4.79 Å². The molecule has 0 aromatic heterocycles. The van der Waals surface area contributed by atoms with E-state index in [0.717, 1.165) is 19.3 Å². The fraction of sp³-hybridized carbons (Fsp3) is 0.462. The van der Waals surface area contributed by atoms with Gasteiger partial charge >= 0.3 is 5.97 Å².